The summed E-state index contributed by atoms with van der Waals surface area (Å²) in [6.07, 6.45) is -0.383. The second kappa shape index (κ2) is 5.94. The van der Waals surface area contributed by atoms with E-state index in [1.54, 1.807) is 6.92 Å². The molecule has 0 heterocycles. The van der Waals surface area contributed by atoms with E-state index in [1.807, 2.05) is 0 Å². The van der Waals surface area contributed by atoms with Crippen LogP contribution in [0, 0.1) is 11.6 Å². The molecule has 0 aliphatic heterocycles. The zero-order chi connectivity index (χ0) is 12.1. The Morgan fingerprint density at radius 3 is 2.69 bits per heavy atom. The molecule has 0 N–H and O–H groups in total. The normalized spacial score (nSPS) is 10.2. The second-order valence-electron chi connectivity index (χ2n) is 3.11. The summed E-state index contributed by atoms with van der Waals surface area (Å²) in [7, 11) is 0. The minimum atomic E-state index is -0.727. The molecule has 0 radical (unpaired) electrons. The van der Waals surface area contributed by atoms with E-state index >= 15 is 0 Å². The van der Waals surface area contributed by atoms with Gasteiger partial charge in [0.1, 0.15) is 11.6 Å². The van der Waals surface area contributed by atoms with Gasteiger partial charge in [0.05, 0.1) is 13.0 Å². The molecule has 1 rings (SSSR count). The van der Waals surface area contributed by atoms with Crippen LogP contribution < -0.4 is 0 Å². The van der Waals surface area contributed by atoms with Crippen LogP contribution >= 0.6 is 15.9 Å². The molecular weight excluding hydrogens is 282 g/mol. The van der Waals surface area contributed by atoms with E-state index in [0.717, 1.165) is 6.07 Å². The second-order valence-corrected chi connectivity index (χ2v) is 3.68. The fourth-order valence-electron chi connectivity index (χ4n) is 1.27. The lowest BCUT2D eigenvalue weighted by Gasteiger charge is -2.07. The lowest BCUT2D eigenvalue weighted by atomic mass is 10.1. The van der Waals surface area contributed by atoms with Crippen LogP contribution in [0.3, 0.4) is 0 Å². The summed E-state index contributed by atoms with van der Waals surface area (Å²) >= 11 is 3.09. The van der Waals surface area contributed by atoms with Crippen molar-refractivity contribution in [3.05, 3.63) is 34.9 Å². The van der Waals surface area contributed by atoms with Crippen LogP contribution in [0.25, 0.3) is 0 Å². The molecule has 0 saturated heterocycles. The average Bonchev–Trinajstić information content (AvgIpc) is 2.25. The Bertz CT molecular complexity index is 394. The topological polar surface area (TPSA) is 26.3 Å². The van der Waals surface area contributed by atoms with Crippen LogP contribution in [-0.2, 0) is 21.3 Å². The third kappa shape index (κ3) is 3.01. The van der Waals surface area contributed by atoms with E-state index in [0.29, 0.717) is 5.56 Å². The van der Waals surface area contributed by atoms with Gasteiger partial charge in [0.25, 0.3) is 0 Å². The number of benzene rings is 1. The lowest BCUT2D eigenvalue weighted by molar-refractivity contribution is -0.142. The number of rotatable bonds is 4. The zero-order valence-corrected chi connectivity index (χ0v) is 10.3. The summed E-state index contributed by atoms with van der Waals surface area (Å²) < 4.78 is 31.6. The first kappa shape index (κ1) is 13.1. The molecule has 2 nitrogen and oxygen atoms in total. The van der Waals surface area contributed by atoms with Crippen molar-refractivity contribution in [2.75, 3.05) is 6.61 Å². The standard InChI is InChI=1S/C11H11BrF2O2/c1-2-16-10(15)5-8-9(13)4-3-7(6-12)11(8)14/h3-4H,2,5-6H2,1H3. The van der Waals surface area contributed by atoms with Crippen LogP contribution in [0.15, 0.2) is 12.1 Å². The third-order valence-corrected chi connectivity index (χ3v) is 2.64. The Labute approximate surface area is 101 Å². The summed E-state index contributed by atoms with van der Waals surface area (Å²) in [5.74, 6) is -2.05. The van der Waals surface area contributed by atoms with E-state index in [4.69, 9.17) is 0 Å². The highest BCUT2D eigenvalue weighted by Crippen LogP contribution is 2.19. The molecule has 1 aromatic rings. The number of alkyl halides is 1. The number of halogens is 3. The van der Waals surface area contributed by atoms with Crippen molar-refractivity contribution in [2.24, 2.45) is 0 Å². The lowest BCUT2D eigenvalue weighted by Crippen LogP contribution is -2.11. The van der Waals surface area contributed by atoms with Gasteiger partial charge in [-0.2, -0.15) is 0 Å². The van der Waals surface area contributed by atoms with Crippen LogP contribution in [0.1, 0.15) is 18.1 Å². The van der Waals surface area contributed by atoms with Crippen molar-refractivity contribution in [1.29, 1.82) is 0 Å². The first-order chi connectivity index (χ1) is 7.60. The van der Waals surface area contributed by atoms with Gasteiger partial charge < -0.3 is 4.74 Å². The van der Waals surface area contributed by atoms with Crippen LogP contribution in [-0.4, -0.2) is 12.6 Å². The van der Waals surface area contributed by atoms with Crippen LogP contribution in [0.5, 0.6) is 0 Å². The van der Waals surface area contributed by atoms with E-state index in [-0.39, 0.29) is 23.9 Å². The maximum Gasteiger partial charge on any atom is 0.310 e. The smallest absolute Gasteiger partial charge is 0.310 e. The highest BCUT2D eigenvalue weighted by molar-refractivity contribution is 9.08. The van der Waals surface area contributed by atoms with Crippen LogP contribution in [0.4, 0.5) is 8.78 Å². The predicted molar refractivity (Wildman–Crippen MR) is 59.3 cm³/mol. The van der Waals surface area contributed by atoms with E-state index in [9.17, 15) is 13.6 Å². The average molecular weight is 293 g/mol. The number of hydrogen-bond donors (Lipinski definition) is 0. The number of carbonyl (C=O) groups is 1. The van der Waals surface area contributed by atoms with Gasteiger partial charge in [-0.1, -0.05) is 22.0 Å². The number of hydrogen-bond acceptors (Lipinski definition) is 2. The van der Waals surface area contributed by atoms with Crippen molar-refractivity contribution in [1.82, 2.24) is 0 Å². The number of esters is 1. The van der Waals surface area contributed by atoms with Gasteiger partial charge in [0, 0.05) is 10.9 Å². The Kier molecular flexibility index (Phi) is 4.86. The molecule has 0 saturated carbocycles. The van der Waals surface area contributed by atoms with Gasteiger partial charge in [-0.3, -0.25) is 4.79 Å². The van der Waals surface area contributed by atoms with E-state index in [2.05, 4.69) is 20.7 Å². The molecule has 0 aliphatic rings. The molecule has 0 amide bonds. The maximum absolute atomic E-state index is 13.7. The summed E-state index contributed by atoms with van der Waals surface area (Å²) in [4.78, 5) is 11.1. The molecule has 0 atom stereocenters. The Morgan fingerprint density at radius 2 is 2.12 bits per heavy atom. The summed E-state index contributed by atoms with van der Waals surface area (Å²) in [5, 5.41) is 0.273. The molecule has 1 aromatic carbocycles. The quantitative estimate of drug-likeness (QED) is 0.630. The highest BCUT2D eigenvalue weighted by atomic mass is 79.9. The molecule has 0 aromatic heterocycles. The van der Waals surface area contributed by atoms with Crippen molar-refractivity contribution in [3.8, 4) is 0 Å². The highest BCUT2D eigenvalue weighted by Gasteiger charge is 2.16. The molecule has 0 spiro atoms. The molecule has 88 valence electrons. The Morgan fingerprint density at radius 1 is 1.44 bits per heavy atom. The molecule has 16 heavy (non-hydrogen) atoms. The number of carbonyl (C=O) groups excluding carboxylic acids is 1. The first-order valence-corrected chi connectivity index (χ1v) is 5.89. The van der Waals surface area contributed by atoms with Gasteiger partial charge in [-0.05, 0) is 18.6 Å². The Balaban J connectivity index is 2.98. The summed E-state index contributed by atoms with van der Waals surface area (Å²) in [6, 6.07) is 2.49. The van der Waals surface area contributed by atoms with E-state index < -0.39 is 17.6 Å². The largest absolute Gasteiger partial charge is 0.466 e. The summed E-state index contributed by atoms with van der Waals surface area (Å²) in [6.45, 7) is 1.83. The van der Waals surface area contributed by atoms with Crippen molar-refractivity contribution < 1.29 is 18.3 Å². The predicted octanol–water partition coefficient (Wildman–Crippen LogP) is 2.97. The van der Waals surface area contributed by atoms with Gasteiger partial charge in [-0.15, -0.1) is 0 Å². The Hall–Kier alpha value is -0.970. The molecule has 0 fully saturated rings. The summed E-state index contributed by atoms with van der Waals surface area (Å²) in [5.41, 5.74) is 0.0797. The molecular formula is C11H11BrF2O2. The molecule has 0 bridgehead atoms. The fraction of sp³-hybridized carbons (Fsp3) is 0.364. The third-order valence-electron chi connectivity index (χ3n) is 2.04. The fourth-order valence-corrected chi connectivity index (χ4v) is 1.70. The van der Waals surface area contributed by atoms with Crippen molar-refractivity contribution in [3.63, 3.8) is 0 Å². The van der Waals surface area contributed by atoms with Gasteiger partial charge in [0.2, 0.25) is 0 Å². The molecule has 0 aliphatic carbocycles. The monoisotopic (exact) mass is 292 g/mol. The minimum absolute atomic E-state index is 0.195. The number of ether oxygens (including phenoxy) is 1. The maximum atomic E-state index is 13.7. The van der Waals surface area contributed by atoms with Gasteiger partial charge in [0.15, 0.2) is 0 Å². The van der Waals surface area contributed by atoms with Crippen molar-refractivity contribution in [2.45, 2.75) is 18.7 Å². The SMILES string of the molecule is CCOC(=O)Cc1c(F)ccc(CBr)c1F. The first-order valence-electron chi connectivity index (χ1n) is 4.77. The van der Waals surface area contributed by atoms with Crippen molar-refractivity contribution >= 4 is 21.9 Å². The zero-order valence-electron chi connectivity index (χ0n) is 8.73. The van der Waals surface area contributed by atoms with Crippen LogP contribution in [0.2, 0.25) is 0 Å². The van der Waals surface area contributed by atoms with Gasteiger partial charge in [-0.25, -0.2) is 8.78 Å². The molecule has 5 heteroatoms. The minimum Gasteiger partial charge on any atom is -0.466 e. The molecule has 0 unspecified atom stereocenters. The van der Waals surface area contributed by atoms with E-state index in [1.165, 1.54) is 6.07 Å². The van der Waals surface area contributed by atoms with Gasteiger partial charge >= 0.3 is 5.97 Å².